The topological polar surface area (TPSA) is 204 Å². The number of alkyl carbamates (subject to hydrolysis) is 1. The number of benzene rings is 1. The summed E-state index contributed by atoms with van der Waals surface area (Å²) >= 11 is 1.36. The minimum atomic E-state index is -4.98. The van der Waals surface area contributed by atoms with Gasteiger partial charge in [0.15, 0.2) is 0 Å². The van der Waals surface area contributed by atoms with Crippen molar-refractivity contribution in [1.82, 2.24) is 30.2 Å². The minimum absolute atomic E-state index is 0.0146. The first-order valence-electron chi connectivity index (χ1n) is 23.5. The molecule has 1 aromatic carbocycles. The minimum Gasteiger partial charge on any atom is -0.491 e. The van der Waals surface area contributed by atoms with Crippen LogP contribution in [0, 0.1) is 17.8 Å². The number of alkyl halides is 3. The van der Waals surface area contributed by atoms with Gasteiger partial charge in [-0.15, -0.1) is 11.3 Å². The number of thiazole rings is 1. The first-order valence-corrected chi connectivity index (χ1v) is 25.8. The lowest BCUT2D eigenvalue weighted by Gasteiger charge is -2.38. The summed E-state index contributed by atoms with van der Waals surface area (Å²) in [5.74, 6) is -2.78. The predicted octanol–water partition coefficient (Wildman–Crippen LogP) is 7.10. The van der Waals surface area contributed by atoms with Gasteiger partial charge in [-0.2, -0.15) is 13.2 Å². The lowest BCUT2D eigenvalue weighted by Crippen LogP contribution is -2.60. The van der Waals surface area contributed by atoms with Gasteiger partial charge in [0.2, 0.25) is 27.4 Å². The molecular weight excluding hydrogens is 942 g/mol. The van der Waals surface area contributed by atoms with Gasteiger partial charge >= 0.3 is 12.3 Å². The highest BCUT2D eigenvalue weighted by Gasteiger charge is 2.63. The van der Waals surface area contributed by atoms with Crippen LogP contribution in [0.15, 0.2) is 60.3 Å². The van der Waals surface area contributed by atoms with E-state index in [1.165, 1.54) is 16.2 Å². The fourth-order valence-electron chi connectivity index (χ4n) is 9.42. The molecule has 8 rings (SSSR count). The fraction of sp³-hybridized carbons (Fsp3) is 0.583. The number of fused-ring (bicyclic) bond motifs is 2. The standard InChI is InChI=1S/C48H59F3N6O10S2/c1-28(2)65-33-13-11-31(12-14-33)36-20-34(21-37(53-36)39-24-52-27-68-39)66-35-22-38-41(58)55-47(43(60)56-69(62,63)45(5)16-17-45)23-32(47)10-7-6-9-29(3)19-30(4)40(42(59)57(38)25-35)54-44(61)67-46(48(49,50)51)15-8-18-64-26-46/h7,10-14,20-21,24,27-30,32,35,38,40H,6,8-9,15-19,22-23,25-26H2,1-5H3,(H,54,61)(H,55,58)(H,56,60)/b10-7-/t29-,30-,32-,35-,38+,40+,46?,47-/m1/s1. The number of hydrogen-bond donors (Lipinski definition) is 3. The Hall–Kier alpha value is -5.28. The summed E-state index contributed by atoms with van der Waals surface area (Å²) in [6.07, 6.45) is -0.440. The molecule has 2 saturated carbocycles. The van der Waals surface area contributed by atoms with Crippen molar-refractivity contribution in [2.24, 2.45) is 17.8 Å². The molecule has 21 heteroatoms. The number of rotatable bonds is 11. The lowest BCUT2D eigenvalue weighted by atomic mass is 9.88. The molecule has 374 valence electrons. The summed E-state index contributed by atoms with van der Waals surface area (Å²) in [6, 6.07) is 7.96. The maximum absolute atomic E-state index is 15.2. The summed E-state index contributed by atoms with van der Waals surface area (Å²) in [6.45, 7) is 7.96. The molecule has 16 nitrogen and oxygen atoms in total. The summed E-state index contributed by atoms with van der Waals surface area (Å²) < 4.78 is 94.3. The Balaban J connectivity index is 1.14. The molecule has 2 saturated heterocycles. The van der Waals surface area contributed by atoms with Gasteiger partial charge in [-0.25, -0.2) is 18.2 Å². The van der Waals surface area contributed by atoms with E-state index >= 15 is 4.79 Å². The van der Waals surface area contributed by atoms with Crippen LogP contribution in [0.4, 0.5) is 18.0 Å². The molecule has 1 unspecified atom stereocenters. The molecule has 0 spiro atoms. The highest BCUT2D eigenvalue weighted by molar-refractivity contribution is 7.91. The largest absolute Gasteiger partial charge is 0.491 e. The summed E-state index contributed by atoms with van der Waals surface area (Å²) in [4.78, 5) is 68.9. The molecule has 3 N–H and O–H groups in total. The zero-order valence-electron chi connectivity index (χ0n) is 39.2. The Morgan fingerprint density at radius 3 is 2.43 bits per heavy atom. The van der Waals surface area contributed by atoms with Crippen molar-refractivity contribution in [3.63, 3.8) is 0 Å². The van der Waals surface area contributed by atoms with E-state index in [0.717, 1.165) is 10.4 Å². The number of hydrogen-bond acceptors (Lipinski definition) is 13. The summed E-state index contributed by atoms with van der Waals surface area (Å²) in [5, 5.41) is 5.31. The Bertz CT molecular complexity index is 2530. The van der Waals surface area contributed by atoms with Crippen LogP contribution in [0.25, 0.3) is 21.8 Å². The molecule has 5 heterocycles. The smallest absolute Gasteiger partial charge is 0.430 e. The molecule has 0 bridgehead atoms. The Morgan fingerprint density at radius 1 is 1.04 bits per heavy atom. The number of carbonyl (C=O) groups is 4. The summed E-state index contributed by atoms with van der Waals surface area (Å²) in [5.41, 5.74) is -1.14. The molecule has 3 aliphatic heterocycles. The molecular formula is C48H59F3N6O10S2. The van der Waals surface area contributed by atoms with Gasteiger partial charge in [-0.05, 0) is 102 Å². The molecule has 2 aromatic heterocycles. The van der Waals surface area contributed by atoms with Crippen LogP contribution in [0.2, 0.25) is 0 Å². The maximum Gasteiger partial charge on any atom is 0.430 e. The second-order valence-corrected chi connectivity index (χ2v) is 22.8. The van der Waals surface area contributed by atoms with Gasteiger partial charge in [-0.3, -0.25) is 24.1 Å². The van der Waals surface area contributed by atoms with Gasteiger partial charge in [0.05, 0.1) is 45.8 Å². The Kier molecular flexibility index (Phi) is 14.2. The highest BCUT2D eigenvalue weighted by atomic mass is 32.2. The third-order valence-electron chi connectivity index (χ3n) is 13.8. The predicted molar refractivity (Wildman–Crippen MR) is 248 cm³/mol. The number of allylic oxidation sites excluding steroid dienone is 1. The van der Waals surface area contributed by atoms with Crippen LogP contribution in [0.1, 0.15) is 92.4 Å². The van der Waals surface area contributed by atoms with Crippen molar-refractivity contribution < 1.29 is 59.7 Å². The number of nitrogens with zero attached hydrogens (tertiary/aromatic N) is 3. The van der Waals surface area contributed by atoms with Crippen molar-refractivity contribution >= 4 is 45.2 Å². The molecule has 4 fully saturated rings. The van der Waals surface area contributed by atoms with Crippen molar-refractivity contribution in [3.05, 3.63) is 60.3 Å². The molecule has 3 aromatic rings. The molecule has 69 heavy (non-hydrogen) atoms. The van der Waals surface area contributed by atoms with Crippen molar-refractivity contribution in [1.29, 1.82) is 0 Å². The zero-order chi connectivity index (χ0) is 49.5. The SMILES string of the molecule is CC(C)Oc1ccc(-c2cc(O[C@@H]3C[C@H]4C(=O)N[C@]5(C(=O)NS(=O)(=O)C6(C)CC6)C[C@H]5/C=C\CC[C@@H](C)C[C@@H](C)[C@H](NC(=O)OC5(C(F)(F)F)CCCOC5)C(=O)N4C3)cc(-c3cncs3)n2)cc1. The second kappa shape index (κ2) is 19.5. The van der Waals surface area contributed by atoms with Crippen LogP contribution in [0.3, 0.4) is 0 Å². The van der Waals surface area contributed by atoms with Crippen molar-refractivity contribution in [2.75, 3.05) is 19.8 Å². The normalized spacial score (nSPS) is 29.8. The average molecular weight is 1000 g/mol. The van der Waals surface area contributed by atoms with Gasteiger partial charge in [-0.1, -0.05) is 26.0 Å². The van der Waals surface area contributed by atoms with E-state index in [1.54, 1.807) is 43.8 Å². The second-order valence-electron chi connectivity index (χ2n) is 19.8. The van der Waals surface area contributed by atoms with E-state index < -0.39 is 99.0 Å². The number of ether oxygens (including phenoxy) is 4. The van der Waals surface area contributed by atoms with Crippen molar-refractivity contribution in [3.8, 4) is 33.3 Å². The van der Waals surface area contributed by atoms with E-state index in [0.29, 0.717) is 55.0 Å². The third-order valence-corrected chi connectivity index (χ3v) is 16.8. The van der Waals surface area contributed by atoms with E-state index in [2.05, 4.69) is 20.3 Å². The van der Waals surface area contributed by atoms with Gasteiger partial charge in [0, 0.05) is 49.3 Å². The van der Waals surface area contributed by atoms with E-state index in [4.69, 9.17) is 23.9 Å². The number of pyridine rings is 1. The van der Waals surface area contributed by atoms with Crippen LogP contribution >= 0.6 is 11.3 Å². The fourth-order valence-corrected chi connectivity index (χ4v) is 11.3. The molecule has 5 aliphatic rings. The number of halogens is 3. The van der Waals surface area contributed by atoms with Gasteiger partial charge in [0.1, 0.15) is 35.2 Å². The van der Waals surface area contributed by atoms with Crippen LogP contribution in [0.5, 0.6) is 11.5 Å². The highest BCUT2D eigenvalue weighted by Crippen LogP contribution is 2.48. The van der Waals surface area contributed by atoms with Gasteiger partial charge < -0.3 is 34.5 Å². The van der Waals surface area contributed by atoms with Crippen LogP contribution in [-0.2, 0) is 33.9 Å². The van der Waals surface area contributed by atoms with Gasteiger partial charge in [0.25, 0.3) is 5.91 Å². The Labute approximate surface area is 403 Å². The monoisotopic (exact) mass is 1000 g/mol. The number of nitrogens with one attached hydrogen (secondary N) is 3. The first-order chi connectivity index (χ1) is 32.6. The van der Waals surface area contributed by atoms with Crippen LogP contribution < -0.4 is 24.8 Å². The molecule has 8 atom stereocenters. The van der Waals surface area contributed by atoms with E-state index in [1.807, 2.05) is 51.1 Å². The number of aromatic nitrogens is 2. The van der Waals surface area contributed by atoms with E-state index in [9.17, 15) is 36.0 Å². The zero-order valence-corrected chi connectivity index (χ0v) is 40.8. The summed E-state index contributed by atoms with van der Waals surface area (Å²) in [7, 11) is -4.11. The van der Waals surface area contributed by atoms with Crippen molar-refractivity contribution in [2.45, 2.75) is 139 Å². The van der Waals surface area contributed by atoms with E-state index in [-0.39, 0.29) is 44.4 Å². The maximum atomic E-state index is 15.2. The van der Waals surface area contributed by atoms with Crippen LogP contribution in [-0.4, -0.2) is 113 Å². The lowest BCUT2D eigenvalue weighted by molar-refractivity contribution is -0.285. The number of amides is 4. The quantitative estimate of drug-likeness (QED) is 0.165. The Morgan fingerprint density at radius 2 is 1.78 bits per heavy atom. The first kappa shape index (κ1) is 50.1. The average Bonchev–Trinajstić information content (AvgIpc) is 4.04. The third kappa shape index (κ3) is 10.9. The molecule has 4 amide bonds. The number of carbonyl (C=O) groups excluding carboxylic acids is 4. The molecule has 2 aliphatic carbocycles. The molecule has 0 radical (unpaired) electrons. The number of sulfonamides is 1.